The molecule has 1 aliphatic rings. The van der Waals surface area contributed by atoms with Gasteiger partial charge in [-0.1, -0.05) is 60.1 Å². The van der Waals surface area contributed by atoms with Gasteiger partial charge in [0.1, 0.15) is 12.4 Å². The lowest BCUT2D eigenvalue weighted by molar-refractivity contribution is 0.249. The molecule has 1 aliphatic heterocycles. The van der Waals surface area contributed by atoms with E-state index in [-0.39, 0.29) is 0 Å². The molecule has 4 rings (SSSR count). The van der Waals surface area contributed by atoms with Gasteiger partial charge in [0.2, 0.25) is 0 Å². The third-order valence-corrected chi connectivity index (χ3v) is 5.33. The molecule has 0 aliphatic carbocycles. The van der Waals surface area contributed by atoms with E-state index in [1.54, 1.807) is 0 Å². The number of rotatable bonds is 6. The molecule has 3 aromatic rings. The van der Waals surface area contributed by atoms with Gasteiger partial charge < -0.3 is 9.64 Å². The van der Waals surface area contributed by atoms with Crippen molar-refractivity contribution >= 4 is 17.3 Å². The van der Waals surface area contributed by atoms with Crippen LogP contribution >= 0.6 is 11.6 Å². The smallest absolute Gasteiger partial charge is 0.120 e. The molecule has 0 spiro atoms. The fourth-order valence-corrected chi connectivity index (χ4v) is 3.75. The summed E-state index contributed by atoms with van der Waals surface area (Å²) < 4.78 is 5.97. The van der Waals surface area contributed by atoms with Gasteiger partial charge in [-0.3, -0.25) is 4.90 Å². The molecule has 3 nitrogen and oxygen atoms in total. The summed E-state index contributed by atoms with van der Waals surface area (Å²) in [6.45, 7) is 5.67. The summed E-state index contributed by atoms with van der Waals surface area (Å²) in [4.78, 5) is 4.90. The Bertz CT molecular complexity index is 892. The zero-order chi connectivity index (χ0) is 19.2. The fraction of sp³-hybridized carbons (Fsp3) is 0.250. The van der Waals surface area contributed by atoms with Crippen LogP contribution in [0.3, 0.4) is 0 Å². The van der Waals surface area contributed by atoms with E-state index in [2.05, 4.69) is 46.2 Å². The molecule has 3 aromatic carbocycles. The Balaban J connectivity index is 1.30. The molecule has 28 heavy (non-hydrogen) atoms. The minimum absolute atomic E-state index is 0.600. The van der Waals surface area contributed by atoms with Crippen molar-refractivity contribution in [3.63, 3.8) is 0 Å². The van der Waals surface area contributed by atoms with Crippen LogP contribution in [0, 0.1) is 0 Å². The number of piperazine rings is 1. The van der Waals surface area contributed by atoms with Crippen molar-refractivity contribution in [3.8, 4) is 5.75 Å². The Morgan fingerprint density at radius 2 is 1.50 bits per heavy atom. The first-order valence-electron chi connectivity index (χ1n) is 9.75. The molecule has 0 aromatic heterocycles. The van der Waals surface area contributed by atoms with Crippen LogP contribution in [0.4, 0.5) is 5.69 Å². The summed E-state index contributed by atoms with van der Waals surface area (Å²) in [6.07, 6.45) is 0. The number of nitrogens with zero attached hydrogens (tertiary/aromatic N) is 2. The standard InChI is InChI=1S/C24H25ClN2O/c25-22-9-5-10-23(17-22)27-14-12-26(13-15-27)18-21-8-4-11-24(16-21)28-19-20-6-2-1-3-7-20/h1-11,16-17H,12-15,18-19H2. The van der Waals surface area contributed by atoms with Crippen LogP contribution in [0.1, 0.15) is 11.1 Å². The van der Waals surface area contributed by atoms with Crippen molar-refractivity contribution < 1.29 is 4.74 Å². The van der Waals surface area contributed by atoms with Gasteiger partial charge in [-0.25, -0.2) is 0 Å². The van der Waals surface area contributed by atoms with Crippen LogP contribution in [-0.4, -0.2) is 31.1 Å². The highest BCUT2D eigenvalue weighted by atomic mass is 35.5. The normalized spacial score (nSPS) is 14.8. The van der Waals surface area contributed by atoms with Gasteiger partial charge in [0.15, 0.2) is 0 Å². The second kappa shape index (κ2) is 9.13. The zero-order valence-electron chi connectivity index (χ0n) is 15.9. The van der Waals surface area contributed by atoms with Crippen LogP contribution in [0.2, 0.25) is 5.02 Å². The average molecular weight is 393 g/mol. The number of anilines is 1. The summed E-state index contributed by atoms with van der Waals surface area (Å²) in [7, 11) is 0. The molecule has 1 heterocycles. The van der Waals surface area contributed by atoms with Crippen molar-refractivity contribution in [2.75, 3.05) is 31.1 Å². The van der Waals surface area contributed by atoms with Crippen LogP contribution < -0.4 is 9.64 Å². The maximum absolute atomic E-state index is 6.13. The molecule has 144 valence electrons. The van der Waals surface area contributed by atoms with Gasteiger partial charge in [-0.05, 0) is 41.5 Å². The summed E-state index contributed by atoms with van der Waals surface area (Å²) in [5.41, 5.74) is 3.69. The Hall–Kier alpha value is -2.49. The SMILES string of the molecule is Clc1cccc(N2CCN(Cc3cccc(OCc4ccccc4)c3)CC2)c1. The molecule has 0 unspecified atom stereocenters. The van der Waals surface area contributed by atoms with E-state index in [0.29, 0.717) is 6.61 Å². The Labute approximate surface area is 172 Å². The van der Waals surface area contributed by atoms with Crippen molar-refractivity contribution in [1.82, 2.24) is 4.90 Å². The highest BCUT2D eigenvalue weighted by Crippen LogP contribution is 2.22. The summed E-state index contributed by atoms with van der Waals surface area (Å²) in [5.74, 6) is 0.930. The van der Waals surface area contributed by atoms with E-state index in [1.165, 1.54) is 16.8 Å². The molecule has 0 N–H and O–H groups in total. The van der Waals surface area contributed by atoms with Gasteiger partial charge in [-0.15, -0.1) is 0 Å². The lowest BCUT2D eigenvalue weighted by Crippen LogP contribution is -2.45. The first-order valence-corrected chi connectivity index (χ1v) is 10.1. The second-order valence-corrected chi connectivity index (χ2v) is 7.60. The van der Waals surface area contributed by atoms with E-state index < -0.39 is 0 Å². The highest BCUT2D eigenvalue weighted by molar-refractivity contribution is 6.30. The van der Waals surface area contributed by atoms with Crippen molar-refractivity contribution in [3.05, 3.63) is 95.0 Å². The molecule has 1 fully saturated rings. The fourth-order valence-electron chi connectivity index (χ4n) is 3.57. The second-order valence-electron chi connectivity index (χ2n) is 7.16. The number of benzene rings is 3. The number of ether oxygens (including phenoxy) is 1. The summed E-state index contributed by atoms with van der Waals surface area (Å²) >= 11 is 6.13. The van der Waals surface area contributed by atoms with Crippen LogP contribution in [-0.2, 0) is 13.2 Å². The first-order chi connectivity index (χ1) is 13.8. The average Bonchev–Trinajstić information content (AvgIpc) is 2.74. The molecular formula is C24H25ClN2O. The van der Waals surface area contributed by atoms with E-state index in [0.717, 1.165) is 43.5 Å². The topological polar surface area (TPSA) is 15.7 Å². The Morgan fingerprint density at radius 3 is 2.29 bits per heavy atom. The van der Waals surface area contributed by atoms with Crippen LogP contribution in [0.25, 0.3) is 0 Å². The van der Waals surface area contributed by atoms with Crippen LogP contribution in [0.15, 0.2) is 78.9 Å². The van der Waals surface area contributed by atoms with E-state index in [4.69, 9.17) is 16.3 Å². The number of halogens is 1. The lowest BCUT2D eigenvalue weighted by Gasteiger charge is -2.36. The largest absolute Gasteiger partial charge is 0.489 e. The molecule has 0 bridgehead atoms. The molecule has 0 saturated carbocycles. The maximum atomic E-state index is 6.13. The van der Waals surface area contributed by atoms with E-state index >= 15 is 0 Å². The molecule has 1 saturated heterocycles. The minimum atomic E-state index is 0.600. The minimum Gasteiger partial charge on any atom is -0.489 e. The molecular weight excluding hydrogens is 368 g/mol. The van der Waals surface area contributed by atoms with Crippen molar-refractivity contribution in [1.29, 1.82) is 0 Å². The number of hydrogen-bond acceptors (Lipinski definition) is 3. The van der Waals surface area contributed by atoms with E-state index in [1.807, 2.05) is 42.5 Å². The zero-order valence-corrected chi connectivity index (χ0v) is 16.7. The van der Waals surface area contributed by atoms with Crippen molar-refractivity contribution in [2.45, 2.75) is 13.2 Å². The summed E-state index contributed by atoms with van der Waals surface area (Å²) in [5, 5.41) is 0.798. The highest BCUT2D eigenvalue weighted by Gasteiger charge is 2.17. The predicted octanol–water partition coefficient (Wildman–Crippen LogP) is 5.24. The van der Waals surface area contributed by atoms with Gasteiger partial charge in [0, 0.05) is 43.4 Å². The molecule has 0 amide bonds. The Morgan fingerprint density at radius 1 is 0.750 bits per heavy atom. The third-order valence-electron chi connectivity index (χ3n) is 5.10. The Kier molecular flexibility index (Phi) is 6.15. The van der Waals surface area contributed by atoms with Gasteiger partial charge >= 0.3 is 0 Å². The van der Waals surface area contributed by atoms with Crippen LogP contribution in [0.5, 0.6) is 5.75 Å². The number of hydrogen-bond donors (Lipinski definition) is 0. The third kappa shape index (κ3) is 5.06. The quantitative estimate of drug-likeness (QED) is 0.570. The lowest BCUT2D eigenvalue weighted by atomic mass is 10.1. The monoisotopic (exact) mass is 392 g/mol. The summed E-state index contributed by atoms with van der Waals surface area (Å²) in [6, 6.07) is 26.9. The molecule has 0 atom stereocenters. The van der Waals surface area contributed by atoms with Gasteiger partial charge in [0.05, 0.1) is 0 Å². The maximum Gasteiger partial charge on any atom is 0.120 e. The van der Waals surface area contributed by atoms with Crippen molar-refractivity contribution in [2.24, 2.45) is 0 Å². The van der Waals surface area contributed by atoms with Gasteiger partial charge in [0.25, 0.3) is 0 Å². The predicted molar refractivity (Wildman–Crippen MR) is 116 cm³/mol. The molecule has 4 heteroatoms. The molecule has 0 radical (unpaired) electrons. The van der Waals surface area contributed by atoms with E-state index in [9.17, 15) is 0 Å². The first kappa shape index (κ1) is 18.9. The van der Waals surface area contributed by atoms with Gasteiger partial charge in [-0.2, -0.15) is 0 Å².